The Morgan fingerprint density at radius 3 is 2.37 bits per heavy atom. The van der Waals surface area contributed by atoms with E-state index in [-0.39, 0.29) is 24.2 Å². The van der Waals surface area contributed by atoms with E-state index in [0.717, 1.165) is 25.9 Å². The number of carbonyl (C=O) groups is 5. The third-order valence-corrected chi connectivity index (χ3v) is 9.03. The van der Waals surface area contributed by atoms with E-state index >= 15 is 0 Å². The minimum atomic E-state index is -2.80. The molecule has 3 aliphatic carbocycles. The monoisotopic (exact) mass is 527 g/mol. The fourth-order valence-corrected chi connectivity index (χ4v) is 7.09. The van der Waals surface area contributed by atoms with E-state index in [4.69, 9.17) is 0 Å². The number of phenolic OH excluding ortho intramolecular Hbond substituents is 1. The minimum Gasteiger partial charge on any atom is -0.507 e. The number of ketones is 4. The summed E-state index contributed by atoms with van der Waals surface area (Å²) in [5.74, 6) is -11.2. The number of benzene rings is 1. The van der Waals surface area contributed by atoms with Crippen LogP contribution in [0.4, 0.5) is 0 Å². The van der Waals surface area contributed by atoms with Crippen LogP contribution in [0.3, 0.4) is 0 Å². The molecule has 11 nitrogen and oxygen atoms in total. The van der Waals surface area contributed by atoms with E-state index in [0.29, 0.717) is 0 Å². The second-order valence-electron chi connectivity index (χ2n) is 11.4. The molecule has 4 N–H and O–H groups in total. The second-order valence-corrected chi connectivity index (χ2v) is 11.4. The standard InChI is InChI=1S/C27H33N3O8/c1-26(37)13-7-6-8-16(31)17(13)21(32)18-14(26)11-15-20(29(2)3)22(33)19(24(35)27(15,38)23(18)34)25(36)28-12-30-9-4-5-10-30/h6-8,14-15,18-20,31,37-38H,4-5,9-12H2,1-3H3,(H,28,36)/t14-,15-,18?,19?,20-,26+,27-/m0/s1. The number of likely N-dealkylation sites (N-methyl/N-ethyl adjacent to an activating group) is 1. The maximum Gasteiger partial charge on any atom is 0.239 e. The molecule has 1 aromatic carbocycles. The topological polar surface area (TPSA) is 165 Å². The van der Waals surface area contributed by atoms with Crippen molar-refractivity contribution in [2.75, 3.05) is 33.9 Å². The van der Waals surface area contributed by atoms with E-state index < -0.39 is 75.7 Å². The minimum absolute atomic E-state index is 0.125. The van der Waals surface area contributed by atoms with Gasteiger partial charge in [-0.15, -0.1) is 0 Å². The van der Waals surface area contributed by atoms with Crippen LogP contribution in [0.15, 0.2) is 18.2 Å². The Morgan fingerprint density at radius 2 is 1.74 bits per heavy atom. The van der Waals surface area contributed by atoms with Gasteiger partial charge in [-0.05, 0) is 65.0 Å². The van der Waals surface area contributed by atoms with Gasteiger partial charge in [0.2, 0.25) is 5.91 Å². The van der Waals surface area contributed by atoms with Gasteiger partial charge in [0.05, 0.1) is 29.8 Å². The maximum absolute atomic E-state index is 14.0. The summed E-state index contributed by atoms with van der Waals surface area (Å²) in [5.41, 5.74) is -4.68. The fraction of sp³-hybridized carbons (Fsp3) is 0.593. The summed E-state index contributed by atoms with van der Waals surface area (Å²) in [4.78, 5) is 71.5. The van der Waals surface area contributed by atoms with Crippen molar-refractivity contribution in [3.8, 4) is 5.75 Å². The van der Waals surface area contributed by atoms with E-state index in [1.165, 1.54) is 30.0 Å². The molecular formula is C27H33N3O8. The van der Waals surface area contributed by atoms with Crippen LogP contribution in [0.5, 0.6) is 5.75 Å². The average molecular weight is 528 g/mol. The Labute approximate surface area is 219 Å². The van der Waals surface area contributed by atoms with Gasteiger partial charge in [0.15, 0.2) is 34.7 Å². The van der Waals surface area contributed by atoms with Crippen LogP contribution in [0, 0.1) is 23.7 Å². The highest BCUT2D eigenvalue weighted by Gasteiger charge is 2.71. The van der Waals surface area contributed by atoms with Crippen LogP contribution >= 0.6 is 0 Å². The average Bonchev–Trinajstić information content (AvgIpc) is 3.37. The number of hydrogen-bond acceptors (Lipinski definition) is 10. The molecule has 4 aliphatic rings. The summed E-state index contributed by atoms with van der Waals surface area (Å²) in [5, 5.41) is 36.4. The van der Waals surface area contributed by atoms with Crippen molar-refractivity contribution >= 4 is 29.0 Å². The number of fused-ring (bicyclic) bond motifs is 3. The molecular weight excluding hydrogens is 494 g/mol. The van der Waals surface area contributed by atoms with Gasteiger partial charge < -0.3 is 20.6 Å². The van der Waals surface area contributed by atoms with Gasteiger partial charge in [0.25, 0.3) is 0 Å². The van der Waals surface area contributed by atoms with E-state index in [1.54, 1.807) is 14.1 Å². The fourth-order valence-electron chi connectivity index (χ4n) is 7.09. The highest BCUT2D eigenvalue weighted by Crippen LogP contribution is 2.55. The third-order valence-electron chi connectivity index (χ3n) is 9.03. The van der Waals surface area contributed by atoms with Gasteiger partial charge in [0, 0.05) is 11.8 Å². The molecule has 1 saturated heterocycles. The summed E-state index contributed by atoms with van der Waals surface area (Å²) in [6.07, 6.45) is 1.73. The Morgan fingerprint density at radius 1 is 1.08 bits per heavy atom. The molecule has 3 fully saturated rings. The number of aromatic hydroxyl groups is 1. The van der Waals surface area contributed by atoms with Crippen LogP contribution in [0.25, 0.3) is 0 Å². The quantitative estimate of drug-likeness (QED) is 0.365. The largest absolute Gasteiger partial charge is 0.507 e. The molecule has 2 saturated carbocycles. The van der Waals surface area contributed by atoms with E-state index in [9.17, 15) is 39.3 Å². The van der Waals surface area contributed by atoms with Crippen molar-refractivity contribution in [2.24, 2.45) is 23.7 Å². The number of nitrogens with zero attached hydrogens (tertiary/aromatic N) is 2. The van der Waals surface area contributed by atoms with Crippen LogP contribution in [0.1, 0.15) is 42.1 Å². The Hall–Kier alpha value is -2.99. The first kappa shape index (κ1) is 26.6. The highest BCUT2D eigenvalue weighted by molar-refractivity contribution is 6.32. The molecule has 0 bridgehead atoms. The van der Waals surface area contributed by atoms with Crippen LogP contribution in [-0.2, 0) is 24.8 Å². The summed E-state index contributed by atoms with van der Waals surface area (Å²) in [6, 6.07) is 3.02. The zero-order chi connectivity index (χ0) is 27.7. The number of aliphatic hydroxyl groups is 2. The zero-order valence-electron chi connectivity index (χ0n) is 21.6. The molecule has 7 atom stereocenters. The normalized spacial score (nSPS) is 37.2. The van der Waals surface area contributed by atoms with Gasteiger partial charge in [-0.1, -0.05) is 12.1 Å². The molecule has 0 radical (unpaired) electrons. The van der Waals surface area contributed by atoms with Crippen molar-refractivity contribution in [2.45, 2.75) is 43.4 Å². The molecule has 1 amide bonds. The van der Waals surface area contributed by atoms with Crippen molar-refractivity contribution in [3.05, 3.63) is 29.3 Å². The summed E-state index contributed by atoms with van der Waals surface area (Å²) in [7, 11) is 3.10. The van der Waals surface area contributed by atoms with Gasteiger partial charge in [0.1, 0.15) is 5.75 Å². The molecule has 5 rings (SSSR count). The van der Waals surface area contributed by atoms with E-state index in [1.807, 2.05) is 4.90 Å². The number of carbonyl (C=O) groups excluding carboxylic acids is 5. The molecule has 38 heavy (non-hydrogen) atoms. The van der Waals surface area contributed by atoms with Crippen molar-refractivity contribution in [1.82, 2.24) is 15.1 Å². The Bertz CT molecular complexity index is 1240. The molecule has 0 aromatic heterocycles. The summed E-state index contributed by atoms with van der Waals surface area (Å²) >= 11 is 0. The highest BCUT2D eigenvalue weighted by atomic mass is 16.3. The predicted octanol–water partition coefficient (Wildman–Crippen LogP) is -0.784. The SMILES string of the molecule is CN(C)[C@@H]1C(=O)C(C(=O)NCN2CCCC2)C(=O)[C@@]2(O)C(=O)C3C(=O)c4c(O)cccc4[C@@](C)(O)[C@H]3C[C@@H]12. The lowest BCUT2D eigenvalue weighted by Crippen LogP contribution is -2.75. The number of likely N-dealkylation sites (tertiary alicyclic amines) is 1. The lowest BCUT2D eigenvalue weighted by Gasteiger charge is -2.55. The number of phenols is 1. The number of hydrogen-bond donors (Lipinski definition) is 4. The third kappa shape index (κ3) is 3.59. The summed E-state index contributed by atoms with van der Waals surface area (Å²) in [6.45, 7) is 3.06. The molecule has 1 aliphatic heterocycles. The molecule has 204 valence electrons. The van der Waals surface area contributed by atoms with Crippen LogP contribution < -0.4 is 5.32 Å². The first-order valence-electron chi connectivity index (χ1n) is 12.9. The lowest BCUT2D eigenvalue weighted by atomic mass is 9.49. The number of rotatable bonds is 4. The van der Waals surface area contributed by atoms with Gasteiger partial charge in [-0.2, -0.15) is 0 Å². The molecule has 0 spiro atoms. The Balaban J connectivity index is 1.57. The first-order valence-corrected chi connectivity index (χ1v) is 12.9. The molecule has 2 unspecified atom stereocenters. The summed E-state index contributed by atoms with van der Waals surface area (Å²) < 4.78 is 0. The first-order chi connectivity index (χ1) is 17.8. The predicted molar refractivity (Wildman–Crippen MR) is 132 cm³/mol. The molecule has 1 heterocycles. The van der Waals surface area contributed by atoms with E-state index in [2.05, 4.69) is 5.32 Å². The second kappa shape index (κ2) is 9.04. The Kier molecular flexibility index (Phi) is 6.33. The van der Waals surface area contributed by atoms with Gasteiger partial charge in [-0.3, -0.25) is 33.8 Å². The number of nitrogens with one attached hydrogen (secondary N) is 1. The van der Waals surface area contributed by atoms with Crippen molar-refractivity contribution < 1.29 is 39.3 Å². The molecule has 11 heteroatoms. The van der Waals surface area contributed by atoms with Crippen LogP contribution in [0.2, 0.25) is 0 Å². The van der Waals surface area contributed by atoms with Gasteiger partial charge >= 0.3 is 0 Å². The maximum atomic E-state index is 14.0. The van der Waals surface area contributed by atoms with Crippen LogP contribution in [-0.4, -0.2) is 99.7 Å². The van der Waals surface area contributed by atoms with Crippen molar-refractivity contribution in [1.29, 1.82) is 0 Å². The zero-order valence-corrected chi connectivity index (χ0v) is 21.6. The molecule has 1 aromatic rings. The smallest absolute Gasteiger partial charge is 0.239 e. The number of amides is 1. The van der Waals surface area contributed by atoms with Gasteiger partial charge in [-0.25, -0.2) is 0 Å². The lowest BCUT2D eigenvalue weighted by molar-refractivity contribution is -0.188. The van der Waals surface area contributed by atoms with Crippen molar-refractivity contribution in [3.63, 3.8) is 0 Å². The number of Topliss-reactive ketones (excluding diaryl/α,β-unsaturated/α-hetero) is 4.